The number of hydrogen-bond donors (Lipinski definition) is 1. The highest BCUT2D eigenvalue weighted by atomic mass is 32.2. The molecule has 0 bridgehead atoms. The fourth-order valence-corrected chi connectivity index (χ4v) is 6.12. The number of nitrogens with one attached hydrogen (secondary N) is 1. The number of fused-ring (bicyclic) bond motifs is 1. The molecule has 0 saturated carbocycles. The molecule has 31 heavy (non-hydrogen) atoms. The molecule has 1 aromatic heterocycles. The quantitative estimate of drug-likeness (QED) is 0.454. The summed E-state index contributed by atoms with van der Waals surface area (Å²) in [6.07, 6.45) is 2.75. The van der Waals surface area contributed by atoms with Gasteiger partial charge in [0, 0.05) is 30.3 Å². The normalized spacial score (nSPS) is 15.1. The van der Waals surface area contributed by atoms with Gasteiger partial charge in [-0.05, 0) is 44.0 Å². The van der Waals surface area contributed by atoms with Crippen molar-refractivity contribution in [3.8, 4) is 0 Å². The van der Waals surface area contributed by atoms with Crippen molar-refractivity contribution >= 4 is 48.3 Å². The maximum atomic E-state index is 12.9. The minimum atomic E-state index is -3.57. The van der Waals surface area contributed by atoms with Gasteiger partial charge in [0.15, 0.2) is 5.13 Å². The smallest absolute Gasteiger partial charge is 0.273 e. The number of aromatic nitrogens is 1. The van der Waals surface area contributed by atoms with Crippen molar-refractivity contribution in [1.29, 1.82) is 0 Å². The number of nitro groups is 1. The molecule has 0 atom stereocenters. The number of anilines is 1. The molecular formula is C20H20N4O5S2. The van der Waals surface area contributed by atoms with Crippen LogP contribution in [0.3, 0.4) is 0 Å². The molecule has 9 nitrogen and oxygen atoms in total. The molecule has 0 radical (unpaired) electrons. The van der Waals surface area contributed by atoms with Crippen molar-refractivity contribution in [3.05, 3.63) is 57.6 Å². The molecule has 0 spiro atoms. The molecule has 11 heteroatoms. The second-order valence-electron chi connectivity index (χ2n) is 7.27. The summed E-state index contributed by atoms with van der Waals surface area (Å²) in [4.78, 5) is 27.8. The van der Waals surface area contributed by atoms with Gasteiger partial charge in [-0.3, -0.25) is 20.2 Å². The zero-order chi connectivity index (χ0) is 22.2. The maximum Gasteiger partial charge on any atom is 0.273 e. The lowest BCUT2D eigenvalue weighted by Gasteiger charge is -2.25. The zero-order valence-electron chi connectivity index (χ0n) is 16.7. The molecule has 1 fully saturated rings. The summed E-state index contributed by atoms with van der Waals surface area (Å²) in [5, 5.41) is 14.1. The number of thiazole rings is 1. The molecule has 4 rings (SSSR count). The number of carbonyl (C=O) groups excluding carboxylic acids is 1. The number of hydrogen-bond acceptors (Lipinski definition) is 7. The lowest BCUT2D eigenvalue weighted by molar-refractivity contribution is -0.385. The van der Waals surface area contributed by atoms with Crippen LogP contribution in [0.1, 0.15) is 35.2 Å². The molecule has 0 aliphatic carbocycles. The average molecular weight is 461 g/mol. The SMILES string of the molecule is Cc1c(C(=O)Nc2nc3ccc(S(=O)(=O)N4CCCCC4)cc3s2)cccc1[N+](=O)[O-]. The van der Waals surface area contributed by atoms with Crippen LogP contribution < -0.4 is 5.32 Å². The Balaban J connectivity index is 1.60. The molecule has 2 aromatic carbocycles. The molecule has 3 aromatic rings. The maximum absolute atomic E-state index is 12.9. The summed E-state index contributed by atoms with van der Waals surface area (Å²) in [5.41, 5.74) is 0.876. The van der Waals surface area contributed by atoms with Gasteiger partial charge in [0.25, 0.3) is 11.6 Å². The highest BCUT2D eigenvalue weighted by Crippen LogP contribution is 2.31. The van der Waals surface area contributed by atoms with Crippen LogP contribution in [-0.2, 0) is 10.0 Å². The average Bonchev–Trinajstić information content (AvgIpc) is 3.15. The van der Waals surface area contributed by atoms with Crippen molar-refractivity contribution in [1.82, 2.24) is 9.29 Å². The van der Waals surface area contributed by atoms with E-state index in [1.54, 1.807) is 12.1 Å². The predicted molar refractivity (Wildman–Crippen MR) is 118 cm³/mol. The van der Waals surface area contributed by atoms with E-state index in [9.17, 15) is 23.3 Å². The first-order chi connectivity index (χ1) is 14.8. The summed E-state index contributed by atoms with van der Waals surface area (Å²) >= 11 is 1.15. The van der Waals surface area contributed by atoms with Crippen LogP contribution in [0.15, 0.2) is 41.3 Å². The second-order valence-corrected chi connectivity index (χ2v) is 10.2. The lowest BCUT2D eigenvalue weighted by Crippen LogP contribution is -2.35. The fourth-order valence-electron chi connectivity index (χ4n) is 3.60. The Morgan fingerprint density at radius 2 is 1.94 bits per heavy atom. The first-order valence-electron chi connectivity index (χ1n) is 9.73. The van der Waals surface area contributed by atoms with E-state index in [0.29, 0.717) is 28.4 Å². The Labute approximate surface area is 182 Å². The summed E-state index contributed by atoms with van der Waals surface area (Å²) in [5.74, 6) is -0.513. The Morgan fingerprint density at radius 3 is 2.65 bits per heavy atom. The molecule has 1 amide bonds. The van der Waals surface area contributed by atoms with Crippen LogP contribution >= 0.6 is 11.3 Å². The number of piperidine rings is 1. The predicted octanol–water partition coefficient (Wildman–Crippen LogP) is 3.94. The van der Waals surface area contributed by atoms with Gasteiger partial charge in [0.05, 0.1) is 20.0 Å². The fraction of sp³-hybridized carbons (Fsp3) is 0.300. The zero-order valence-corrected chi connectivity index (χ0v) is 18.3. The van der Waals surface area contributed by atoms with Gasteiger partial charge in [0.2, 0.25) is 10.0 Å². The Hall–Kier alpha value is -2.89. The summed E-state index contributed by atoms with van der Waals surface area (Å²) < 4.78 is 28.0. The number of rotatable bonds is 5. The van der Waals surface area contributed by atoms with E-state index in [-0.39, 0.29) is 21.7 Å². The van der Waals surface area contributed by atoms with Gasteiger partial charge in [-0.25, -0.2) is 13.4 Å². The van der Waals surface area contributed by atoms with Crippen LogP contribution in [0.25, 0.3) is 10.2 Å². The first-order valence-corrected chi connectivity index (χ1v) is 12.0. The number of benzene rings is 2. The second kappa shape index (κ2) is 8.33. The van der Waals surface area contributed by atoms with E-state index < -0.39 is 20.9 Å². The van der Waals surface area contributed by atoms with Crippen molar-refractivity contribution < 1.29 is 18.1 Å². The molecule has 1 saturated heterocycles. The third kappa shape index (κ3) is 4.16. The highest BCUT2D eigenvalue weighted by molar-refractivity contribution is 7.89. The van der Waals surface area contributed by atoms with E-state index in [2.05, 4.69) is 10.3 Å². The molecule has 1 aliphatic rings. The minimum absolute atomic E-state index is 0.135. The molecule has 2 heterocycles. The highest BCUT2D eigenvalue weighted by Gasteiger charge is 2.26. The monoisotopic (exact) mass is 460 g/mol. The summed E-state index contributed by atoms with van der Waals surface area (Å²) in [7, 11) is -3.57. The minimum Gasteiger partial charge on any atom is -0.298 e. The third-order valence-electron chi connectivity index (χ3n) is 5.28. The Bertz CT molecular complexity index is 1280. The van der Waals surface area contributed by atoms with Crippen LogP contribution in [0.5, 0.6) is 0 Å². The number of nitro benzene ring substituents is 1. The number of amides is 1. The number of nitrogens with zero attached hydrogens (tertiary/aromatic N) is 3. The van der Waals surface area contributed by atoms with Crippen molar-refractivity contribution in [2.75, 3.05) is 18.4 Å². The number of carbonyl (C=O) groups is 1. The van der Waals surface area contributed by atoms with E-state index in [4.69, 9.17) is 0 Å². The van der Waals surface area contributed by atoms with E-state index in [1.165, 1.54) is 35.5 Å². The van der Waals surface area contributed by atoms with Crippen molar-refractivity contribution in [2.45, 2.75) is 31.1 Å². The number of sulfonamides is 1. The Morgan fingerprint density at radius 1 is 1.19 bits per heavy atom. The molecule has 1 N–H and O–H groups in total. The van der Waals surface area contributed by atoms with Gasteiger partial charge >= 0.3 is 0 Å². The molecular weight excluding hydrogens is 440 g/mol. The molecule has 162 valence electrons. The van der Waals surface area contributed by atoms with Crippen molar-refractivity contribution in [3.63, 3.8) is 0 Å². The topological polar surface area (TPSA) is 123 Å². The van der Waals surface area contributed by atoms with Gasteiger partial charge in [-0.2, -0.15) is 4.31 Å². The van der Waals surface area contributed by atoms with Crippen LogP contribution in [0, 0.1) is 17.0 Å². The van der Waals surface area contributed by atoms with E-state index >= 15 is 0 Å². The van der Waals surface area contributed by atoms with Gasteiger partial charge in [-0.15, -0.1) is 0 Å². The lowest BCUT2D eigenvalue weighted by atomic mass is 10.1. The van der Waals surface area contributed by atoms with Crippen LogP contribution in [-0.4, -0.2) is 41.6 Å². The van der Waals surface area contributed by atoms with Crippen LogP contribution in [0.2, 0.25) is 0 Å². The van der Waals surface area contributed by atoms with E-state index in [0.717, 1.165) is 30.6 Å². The van der Waals surface area contributed by atoms with Crippen LogP contribution in [0.4, 0.5) is 10.8 Å². The summed E-state index contributed by atoms with van der Waals surface area (Å²) in [6.45, 7) is 2.56. The largest absolute Gasteiger partial charge is 0.298 e. The van der Waals surface area contributed by atoms with Gasteiger partial charge in [0.1, 0.15) is 0 Å². The Kier molecular flexibility index (Phi) is 5.73. The molecule has 1 aliphatic heterocycles. The van der Waals surface area contributed by atoms with Crippen molar-refractivity contribution in [2.24, 2.45) is 0 Å². The first kappa shape index (κ1) is 21.3. The van der Waals surface area contributed by atoms with Gasteiger partial charge in [-0.1, -0.05) is 23.8 Å². The van der Waals surface area contributed by atoms with E-state index in [1.807, 2.05) is 0 Å². The molecule has 0 unspecified atom stereocenters. The van der Waals surface area contributed by atoms with Gasteiger partial charge < -0.3 is 0 Å². The third-order valence-corrected chi connectivity index (χ3v) is 8.11. The summed E-state index contributed by atoms with van der Waals surface area (Å²) in [6, 6.07) is 9.03. The standard InChI is InChI=1S/C20H20N4O5S2/c1-13-15(6-5-7-17(13)24(26)27)19(25)22-20-21-16-9-8-14(12-18(16)30-20)31(28,29)23-10-3-2-4-11-23/h5-9,12H,2-4,10-11H2,1H3,(H,21,22,25).